The van der Waals surface area contributed by atoms with Crippen molar-refractivity contribution in [2.45, 2.75) is 26.2 Å². The highest BCUT2D eigenvalue weighted by molar-refractivity contribution is 8.93. The van der Waals surface area contributed by atoms with Crippen molar-refractivity contribution in [2.24, 2.45) is 0 Å². The summed E-state index contributed by atoms with van der Waals surface area (Å²) >= 11 is 0. The Labute approximate surface area is 106 Å². The molecule has 1 aromatic carbocycles. The maximum atomic E-state index is 5.63. The SMILES string of the molecule is Br.Cc1cccc(OCCCCCP)c1. The maximum absolute atomic E-state index is 5.63. The zero-order valence-electron chi connectivity index (χ0n) is 9.24. The van der Waals surface area contributed by atoms with E-state index in [1.54, 1.807) is 0 Å². The highest BCUT2D eigenvalue weighted by Gasteiger charge is 1.93. The first-order valence-corrected chi connectivity index (χ1v) is 6.04. The summed E-state index contributed by atoms with van der Waals surface area (Å²) in [5.74, 6) is 0.996. The van der Waals surface area contributed by atoms with Gasteiger partial charge in [0, 0.05) is 0 Å². The molecule has 0 heterocycles. The monoisotopic (exact) mass is 290 g/mol. The normalized spacial score (nSPS) is 9.47. The Kier molecular flexibility index (Phi) is 9.13. The van der Waals surface area contributed by atoms with Crippen LogP contribution in [0.2, 0.25) is 0 Å². The van der Waals surface area contributed by atoms with Crippen molar-refractivity contribution in [2.75, 3.05) is 12.8 Å². The van der Waals surface area contributed by atoms with Gasteiger partial charge in [-0.25, -0.2) is 0 Å². The summed E-state index contributed by atoms with van der Waals surface area (Å²) in [6.45, 7) is 2.93. The molecule has 1 unspecified atom stereocenters. The molecule has 0 aliphatic rings. The van der Waals surface area contributed by atoms with Crippen LogP contribution in [0.1, 0.15) is 24.8 Å². The van der Waals surface area contributed by atoms with Gasteiger partial charge in [0.1, 0.15) is 5.75 Å². The van der Waals surface area contributed by atoms with Crippen LogP contribution >= 0.6 is 26.2 Å². The van der Waals surface area contributed by atoms with Gasteiger partial charge in [0.2, 0.25) is 0 Å². The number of ether oxygens (including phenoxy) is 1. The van der Waals surface area contributed by atoms with Gasteiger partial charge >= 0.3 is 0 Å². The Balaban J connectivity index is 0.00000196. The van der Waals surface area contributed by atoms with Gasteiger partial charge in [-0.15, -0.1) is 26.2 Å². The standard InChI is InChI=1S/C12H19OP.BrH/c1-11-6-5-7-12(10-11)13-8-3-2-4-9-14;/h5-7,10H,2-4,8-9,14H2,1H3;1H. The molecule has 0 radical (unpaired) electrons. The Hall–Kier alpha value is -0.0700. The molecule has 86 valence electrons. The molecule has 3 heteroatoms. The van der Waals surface area contributed by atoms with E-state index in [2.05, 4.69) is 28.3 Å². The van der Waals surface area contributed by atoms with Gasteiger partial charge in [-0.1, -0.05) is 12.1 Å². The predicted octanol–water partition coefficient (Wildman–Crippen LogP) is 4.00. The lowest BCUT2D eigenvalue weighted by molar-refractivity contribution is 0.306. The third kappa shape index (κ3) is 6.92. The fourth-order valence-corrected chi connectivity index (χ4v) is 1.61. The lowest BCUT2D eigenvalue weighted by Crippen LogP contribution is -1.97. The van der Waals surface area contributed by atoms with Crippen LogP contribution in [0.3, 0.4) is 0 Å². The molecule has 0 amide bonds. The fraction of sp³-hybridized carbons (Fsp3) is 0.500. The van der Waals surface area contributed by atoms with Gasteiger partial charge in [0.25, 0.3) is 0 Å². The van der Waals surface area contributed by atoms with Crippen LogP contribution in [0, 0.1) is 6.92 Å². The van der Waals surface area contributed by atoms with Crippen LogP contribution in [0.4, 0.5) is 0 Å². The lowest BCUT2D eigenvalue weighted by Gasteiger charge is -2.06. The lowest BCUT2D eigenvalue weighted by atomic mass is 10.2. The average molecular weight is 291 g/mol. The number of hydrogen-bond acceptors (Lipinski definition) is 1. The van der Waals surface area contributed by atoms with E-state index < -0.39 is 0 Å². The highest BCUT2D eigenvalue weighted by atomic mass is 79.9. The topological polar surface area (TPSA) is 9.23 Å². The van der Waals surface area contributed by atoms with E-state index in [0.717, 1.165) is 18.8 Å². The van der Waals surface area contributed by atoms with Gasteiger partial charge in [0.05, 0.1) is 6.61 Å². The number of halogens is 1. The van der Waals surface area contributed by atoms with E-state index >= 15 is 0 Å². The summed E-state index contributed by atoms with van der Waals surface area (Å²) in [6, 6.07) is 8.22. The minimum Gasteiger partial charge on any atom is -0.494 e. The Morgan fingerprint density at radius 1 is 1.20 bits per heavy atom. The second kappa shape index (κ2) is 9.18. The first kappa shape index (κ1) is 14.9. The molecule has 1 aromatic rings. The van der Waals surface area contributed by atoms with Crippen LogP contribution < -0.4 is 4.74 Å². The highest BCUT2D eigenvalue weighted by Crippen LogP contribution is 2.12. The first-order valence-electron chi connectivity index (χ1n) is 5.22. The van der Waals surface area contributed by atoms with Crippen molar-refractivity contribution >= 4 is 26.2 Å². The molecule has 1 atom stereocenters. The summed E-state index contributed by atoms with van der Waals surface area (Å²) < 4.78 is 5.63. The Bertz CT molecular complexity index is 266. The molecule has 0 aliphatic heterocycles. The minimum atomic E-state index is 0. The molecular formula is C12H20BrOP. The van der Waals surface area contributed by atoms with Crippen LogP contribution in [0.25, 0.3) is 0 Å². The number of hydrogen-bond donors (Lipinski definition) is 0. The van der Waals surface area contributed by atoms with Crippen LogP contribution in [0.15, 0.2) is 24.3 Å². The molecule has 0 fully saturated rings. The summed E-state index contributed by atoms with van der Waals surface area (Å²) in [5, 5.41) is 0. The van der Waals surface area contributed by atoms with Crippen molar-refractivity contribution in [1.29, 1.82) is 0 Å². The van der Waals surface area contributed by atoms with E-state index in [-0.39, 0.29) is 17.0 Å². The molecule has 0 bridgehead atoms. The van der Waals surface area contributed by atoms with E-state index in [9.17, 15) is 0 Å². The van der Waals surface area contributed by atoms with E-state index in [1.807, 2.05) is 12.1 Å². The van der Waals surface area contributed by atoms with Crippen LogP contribution in [-0.2, 0) is 0 Å². The molecule has 0 aromatic heterocycles. The van der Waals surface area contributed by atoms with E-state index in [0.29, 0.717) is 0 Å². The molecule has 0 spiro atoms. The van der Waals surface area contributed by atoms with Gasteiger partial charge in [-0.05, 0) is 50.0 Å². The number of rotatable bonds is 6. The molecular weight excluding hydrogens is 271 g/mol. The summed E-state index contributed by atoms with van der Waals surface area (Å²) in [6.07, 6.45) is 4.89. The molecule has 0 N–H and O–H groups in total. The van der Waals surface area contributed by atoms with Gasteiger partial charge in [0.15, 0.2) is 0 Å². The predicted molar refractivity (Wildman–Crippen MR) is 75.4 cm³/mol. The van der Waals surface area contributed by atoms with E-state index in [1.165, 1.54) is 24.6 Å². The molecule has 0 saturated carbocycles. The molecule has 1 rings (SSSR count). The number of aryl methyl sites for hydroxylation is 1. The zero-order chi connectivity index (χ0) is 10.2. The smallest absolute Gasteiger partial charge is 0.119 e. The third-order valence-electron chi connectivity index (χ3n) is 2.11. The van der Waals surface area contributed by atoms with Crippen molar-refractivity contribution < 1.29 is 4.74 Å². The molecule has 1 nitrogen and oxygen atoms in total. The second-order valence-corrected chi connectivity index (χ2v) is 4.09. The van der Waals surface area contributed by atoms with Crippen molar-refractivity contribution in [3.05, 3.63) is 29.8 Å². The number of benzene rings is 1. The summed E-state index contributed by atoms with van der Waals surface area (Å²) in [4.78, 5) is 0. The van der Waals surface area contributed by atoms with Crippen LogP contribution in [0.5, 0.6) is 5.75 Å². The van der Waals surface area contributed by atoms with Crippen molar-refractivity contribution in [3.8, 4) is 5.75 Å². The van der Waals surface area contributed by atoms with Crippen molar-refractivity contribution in [1.82, 2.24) is 0 Å². The van der Waals surface area contributed by atoms with E-state index in [4.69, 9.17) is 4.74 Å². The zero-order valence-corrected chi connectivity index (χ0v) is 12.1. The molecule has 0 saturated heterocycles. The third-order valence-corrected chi connectivity index (χ3v) is 2.51. The second-order valence-electron chi connectivity index (χ2n) is 3.51. The quantitative estimate of drug-likeness (QED) is 0.568. The Morgan fingerprint density at radius 3 is 2.67 bits per heavy atom. The summed E-state index contributed by atoms with van der Waals surface area (Å²) in [5.41, 5.74) is 1.26. The fourth-order valence-electron chi connectivity index (χ4n) is 1.32. The largest absolute Gasteiger partial charge is 0.494 e. The maximum Gasteiger partial charge on any atom is 0.119 e. The minimum absolute atomic E-state index is 0. The van der Waals surface area contributed by atoms with Gasteiger partial charge in [-0.2, -0.15) is 0 Å². The van der Waals surface area contributed by atoms with Crippen molar-refractivity contribution in [3.63, 3.8) is 0 Å². The number of unbranched alkanes of at least 4 members (excludes halogenated alkanes) is 2. The average Bonchev–Trinajstić information content (AvgIpc) is 2.18. The van der Waals surface area contributed by atoms with Crippen LogP contribution in [-0.4, -0.2) is 12.8 Å². The van der Waals surface area contributed by atoms with Gasteiger partial charge in [-0.3, -0.25) is 0 Å². The van der Waals surface area contributed by atoms with Gasteiger partial charge < -0.3 is 4.74 Å². The summed E-state index contributed by atoms with van der Waals surface area (Å²) in [7, 11) is 2.75. The first-order chi connectivity index (χ1) is 6.83. The molecule has 0 aliphatic carbocycles. The molecule has 15 heavy (non-hydrogen) atoms. The Morgan fingerprint density at radius 2 is 2.00 bits per heavy atom.